The summed E-state index contributed by atoms with van der Waals surface area (Å²) in [5, 5.41) is 10.8. The topological polar surface area (TPSA) is 69.4 Å². The molecule has 1 unspecified atom stereocenters. The molecule has 120 valence electrons. The smallest absolute Gasteiger partial charge is 0.323 e. The second-order valence-corrected chi connectivity index (χ2v) is 6.11. The molecule has 23 heavy (non-hydrogen) atoms. The van der Waals surface area contributed by atoms with Gasteiger partial charge in [-0.3, -0.25) is 14.9 Å². The first-order valence-corrected chi connectivity index (χ1v) is 8.11. The van der Waals surface area contributed by atoms with E-state index in [-0.39, 0.29) is 17.3 Å². The summed E-state index contributed by atoms with van der Waals surface area (Å²) in [6, 6.07) is 13.4. The summed E-state index contributed by atoms with van der Waals surface area (Å²) in [5.74, 6) is -0.437. The summed E-state index contributed by atoms with van der Waals surface area (Å²) in [7, 11) is 0. The number of ether oxygens (including phenoxy) is 1. The highest BCUT2D eigenvalue weighted by Crippen LogP contribution is 2.41. The van der Waals surface area contributed by atoms with Crippen LogP contribution >= 0.6 is 23.4 Å². The number of halogens is 1. The number of hydrogen-bond donors (Lipinski definition) is 0. The summed E-state index contributed by atoms with van der Waals surface area (Å²) in [5.41, 5.74) is 0.591. The molecule has 0 spiro atoms. The molecule has 0 saturated carbocycles. The van der Waals surface area contributed by atoms with E-state index >= 15 is 0 Å². The molecule has 0 amide bonds. The number of esters is 1. The van der Waals surface area contributed by atoms with E-state index in [1.54, 1.807) is 43.3 Å². The minimum Gasteiger partial charge on any atom is -0.465 e. The van der Waals surface area contributed by atoms with Crippen LogP contribution in [0, 0.1) is 10.1 Å². The van der Waals surface area contributed by atoms with Crippen molar-refractivity contribution in [3.63, 3.8) is 0 Å². The Balaban J connectivity index is 2.39. The van der Waals surface area contributed by atoms with Crippen molar-refractivity contribution in [1.82, 2.24) is 0 Å². The molecule has 0 aliphatic rings. The van der Waals surface area contributed by atoms with Crippen molar-refractivity contribution < 1.29 is 14.5 Å². The van der Waals surface area contributed by atoms with Crippen LogP contribution < -0.4 is 0 Å². The number of rotatable bonds is 6. The zero-order chi connectivity index (χ0) is 16.8. The number of nitrogens with zero attached hydrogens (tertiary/aromatic N) is 1. The first-order valence-electron chi connectivity index (χ1n) is 6.85. The lowest BCUT2D eigenvalue weighted by atomic mass is 10.1. The second kappa shape index (κ2) is 7.99. The van der Waals surface area contributed by atoms with Gasteiger partial charge < -0.3 is 4.74 Å². The molecule has 2 rings (SSSR count). The van der Waals surface area contributed by atoms with Gasteiger partial charge in [0.1, 0.15) is 5.25 Å². The summed E-state index contributed by atoms with van der Waals surface area (Å²) in [6.45, 7) is 1.96. The van der Waals surface area contributed by atoms with E-state index < -0.39 is 16.1 Å². The Kier molecular flexibility index (Phi) is 6.01. The van der Waals surface area contributed by atoms with Crippen molar-refractivity contribution in [2.45, 2.75) is 17.1 Å². The Bertz CT molecular complexity index is 708. The highest BCUT2D eigenvalue weighted by molar-refractivity contribution is 8.00. The second-order valence-electron chi connectivity index (χ2n) is 4.53. The molecule has 0 heterocycles. The van der Waals surface area contributed by atoms with Crippen LogP contribution in [0.25, 0.3) is 0 Å². The van der Waals surface area contributed by atoms with Crippen molar-refractivity contribution in [2.75, 3.05) is 6.61 Å². The zero-order valence-electron chi connectivity index (χ0n) is 12.3. The van der Waals surface area contributed by atoms with Crippen LogP contribution in [-0.4, -0.2) is 17.5 Å². The van der Waals surface area contributed by atoms with Gasteiger partial charge in [-0.05, 0) is 24.6 Å². The summed E-state index contributed by atoms with van der Waals surface area (Å²) >= 11 is 6.90. The quantitative estimate of drug-likeness (QED) is 0.328. The van der Waals surface area contributed by atoms with Gasteiger partial charge in [0, 0.05) is 11.1 Å². The van der Waals surface area contributed by atoms with Crippen LogP contribution in [0.5, 0.6) is 0 Å². The Morgan fingerprint density at radius 3 is 2.61 bits per heavy atom. The lowest BCUT2D eigenvalue weighted by Crippen LogP contribution is -2.13. The maximum atomic E-state index is 12.3. The van der Waals surface area contributed by atoms with Crippen LogP contribution in [0.2, 0.25) is 5.02 Å². The number of thioether (sulfide) groups is 1. The molecular formula is C16H14ClNO4S. The molecule has 0 aromatic heterocycles. The van der Waals surface area contributed by atoms with E-state index in [2.05, 4.69) is 0 Å². The molecule has 0 saturated heterocycles. The van der Waals surface area contributed by atoms with E-state index in [9.17, 15) is 14.9 Å². The van der Waals surface area contributed by atoms with Gasteiger partial charge >= 0.3 is 5.97 Å². The maximum Gasteiger partial charge on any atom is 0.323 e. The molecule has 0 radical (unpaired) electrons. The average Bonchev–Trinajstić information content (AvgIpc) is 2.54. The normalized spacial score (nSPS) is 11.7. The third-order valence-corrected chi connectivity index (χ3v) is 4.50. The summed E-state index contributed by atoms with van der Waals surface area (Å²) < 4.78 is 5.10. The van der Waals surface area contributed by atoms with Gasteiger partial charge in [-0.2, -0.15) is 0 Å². The molecular weight excluding hydrogens is 338 g/mol. The van der Waals surface area contributed by atoms with Crippen LogP contribution in [0.4, 0.5) is 5.69 Å². The monoisotopic (exact) mass is 351 g/mol. The highest BCUT2D eigenvalue weighted by Gasteiger charge is 2.27. The predicted molar refractivity (Wildman–Crippen MR) is 89.8 cm³/mol. The third-order valence-electron chi connectivity index (χ3n) is 2.97. The Labute approximate surface area is 142 Å². The standard InChI is InChI=1S/C16H14ClNO4S/c1-2-22-16(19)15(11-6-4-3-5-7-11)23-14-9-8-12(17)10-13(14)18(20)21/h3-10,15H,2H2,1H3. The Morgan fingerprint density at radius 1 is 1.30 bits per heavy atom. The highest BCUT2D eigenvalue weighted by atomic mass is 35.5. The van der Waals surface area contributed by atoms with E-state index in [0.717, 1.165) is 17.3 Å². The van der Waals surface area contributed by atoms with E-state index in [1.165, 1.54) is 6.07 Å². The molecule has 1 atom stereocenters. The van der Waals surface area contributed by atoms with Gasteiger partial charge in [0.2, 0.25) is 0 Å². The fraction of sp³-hybridized carbons (Fsp3) is 0.188. The van der Waals surface area contributed by atoms with Crippen molar-refractivity contribution >= 4 is 35.0 Å². The molecule has 2 aromatic carbocycles. The number of carbonyl (C=O) groups excluding carboxylic acids is 1. The fourth-order valence-corrected chi connectivity index (χ4v) is 3.24. The van der Waals surface area contributed by atoms with Crippen LogP contribution in [0.1, 0.15) is 17.7 Å². The lowest BCUT2D eigenvalue weighted by Gasteiger charge is -2.15. The van der Waals surface area contributed by atoms with E-state index in [1.807, 2.05) is 6.07 Å². The molecule has 0 fully saturated rings. The minimum atomic E-state index is -0.684. The van der Waals surface area contributed by atoms with Crippen molar-refractivity contribution in [3.8, 4) is 0 Å². The van der Waals surface area contributed by atoms with Gasteiger partial charge in [-0.25, -0.2) is 0 Å². The SMILES string of the molecule is CCOC(=O)C(Sc1ccc(Cl)cc1[N+](=O)[O-])c1ccccc1. The molecule has 0 bridgehead atoms. The fourth-order valence-electron chi connectivity index (χ4n) is 1.96. The number of benzene rings is 2. The van der Waals surface area contributed by atoms with Crippen LogP contribution in [0.15, 0.2) is 53.4 Å². The lowest BCUT2D eigenvalue weighted by molar-refractivity contribution is -0.387. The molecule has 0 aliphatic heterocycles. The predicted octanol–water partition coefficient (Wildman–Crippen LogP) is 4.64. The van der Waals surface area contributed by atoms with E-state index in [0.29, 0.717) is 4.90 Å². The summed E-state index contributed by atoms with van der Waals surface area (Å²) in [6.07, 6.45) is 0. The Hall–Kier alpha value is -2.05. The minimum absolute atomic E-state index is 0.132. The zero-order valence-corrected chi connectivity index (χ0v) is 13.8. The van der Waals surface area contributed by atoms with Gasteiger partial charge in [-0.1, -0.05) is 53.7 Å². The number of carbonyl (C=O) groups is 1. The van der Waals surface area contributed by atoms with Crippen LogP contribution in [-0.2, 0) is 9.53 Å². The van der Waals surface area contributed by atoms with Crippen LogP contribution in [0.3, 0.4) is 0 Å². The first-order chi connectivity index (χ1) is 11.0. The van der Waals surface area contributed by atoms with Crippen molar-refractivity contribution in [2.24, 2.45) is 0 Å². The van der Waals surface area contributed by atoms with Crippen molar-refractivity contribution in [1.29, 1.82) is 0 Å². The van der Waals surface area contributed by atoms with Gasteiger partial charge in [0.15, 0.2) is 0 Å². The largest absolute Gasteiger partial charge is 0.465 e. The average molecular weight is 352 g/mol. The third kappa shape index (κ3) is 4.46. The molecule has 2 aromatic rings. The van der Waals surface area contributed by atoms with Gasteiger partial charge in [0.25, 0.3) is 5.69 Å². The van der Waals surface area contributed by atoms with Crippen molar-refractivity contribution in [3.05, 3.63) is 69.2 Å². The molecule has 0 aliphatic carbocycles. The Morgan fingerprint density at radius 2 is 2.00 bits per heavy atom. The first kappa shape index (κ1) is 17.3. The molecule has 5 nitrogen and oxygen atoms in total. The maximum absolute atomic E-state index is 12.3. The number of hydrogen-bond acceptors (Lipinski definition) is 5. The summed E-state index contributed by atoms with van der Waals surface area (Å²) in [4.78, 5) is 23.3. The van der Waals surface area contributed by atoms with Gasteiger partial charge in [-0.15, -0.1) is 0 Å². The number of nitro groups is 1. The van der Waals surface area contributed by atoms with Gasteiger partial charge in [0.05, 0.1) is 16.4 Å². The molecule has 7 heteroatoms. The van der Waals surface area contributed by atoms with E-state index in [4.69, 9.17) is 16.3 Å². The number of nitro benzene ring substituents is 1. The molecule has 0 N–H and O–H groups in total.